The van der Waals surface area contributed by atoms with Crippen molar-refractivity contribution < 1.29 is 9.59 Å². The quantitative estimate of drug-likeness (QED) is 0.410. The average Bonchev–Trinajstić information content (AvgIpc) is 3.36. The molecular weight excluding hydrogens is 400 g/mol. The first-order valence-corrected chi connectivity index (χ1v) is 10.2. The van der Waals surface area contributed by atoms with Gasteiger partial charge in [-0.05, 0) is 37.4 Å². The molecule has 4 aromatic rings. The smallest absolute Gasteiger partial charge is 0.323 e. The molecule has 2 amide bonds. The Morgan fingerprint density at radius 3 is 2.67 bits per heavy atom. The Hall–Kier alpha value is -3.72. The largest absolute Gasteiger partial charge is 0.383 e. The van der Waals surface area contributed by atoms with Crippen LogP contribution in [0.15, 0.2) is 53.6 Å². The number of nitrogen functional groups attached to an aromatic ring is 1. The highest BCUT2D eigenvalue weighted by Gasteiger charge is 2.21. The molecule has 0 unspecified atom stereocenters. The minimum absolute atomic E-state index is 0.0946. The third-order valence-electron chi connectivity index (χ3n) is 4.60. The number of thiophene rings is 1. The van der Waals surface area contributed by atoms with E-state index in [1.165, 1.54) is 17.7 Å². The normalized spacial score (nSPS) is 11.0. The van der Waals surface area contributed by atoms with Crippen LogP contribution in [-0.4, -0.2) is 26.3 Å². The summed E-state index contributed by atoms with van der Waals surface area (Å²) in [5, 5.41) is 9.72. The summed E-state index contributed by atoms with van der Waals surface area (Å²) in [5.41, 5.74) is 8.75. The van der Waals surface area contributed by atoms with E-state index in [2.05, 4.69) is 20.6 Å². The minimum Gasteiger partial charge on any atom is -0.383 e. The molecule has 9 heteroatoms. The van der Waals surface area contributed by atoms with Crippen molar-refractivity contribution in [2.24, 2.45) is 0 Å². The molecule has 3 aromatic heterocycles. The van der Waals surface area contributed by atoms with Crippen molar-refractivity contribution in [1.82, 2.24) is 14.5 Å². The van der Waals surface area contributed by atoms with Crippen LogP contribution in [0.4, 0.5) is 22.0 Å². The van der Waals surface area contributed by atoms with E-state index in [0.29, 0.717) is 33.5 Å². The van der Waals surface area contributed by atoms with Gasteiger partial charge in [-0.1, -0.05) is 12.1 Å². The molecule has 8 nitrogen and oxygen atoms in total. The third kappa shape index (κ3) is 3.74. The van der Waals surface area contributed by atoms with E-state index < -0.39 is 0 Å². The van der Waals surface area contributed by atoms with Crippen LogP contribution in [0, 0.1) is 0 Å². The molecule has 3 heterocycles. The number of amides is 2. The molecular formula is C21H20N6O2S. The molecule has 0 radical (unpaired) electrons. The van der Waals surface area contributed by atoms with E-state index >= 15 is 0 Å². The molecule has 30 heavy (non-hydrogen) atoms. The van der Waals surface area contributed by atoms with E-state index in [1.807, 2.05) is 29.2 Å². The fourth-order valence-corrected chi connectivity index (χ4v) is 3.78. The lowest BCUT2D eigenvalue weighted by Crippen LogP contribution is -2.19. The number of carbonyl (C=O) groups is 2. The molecule has 0 saturated carbocycles. The number of anilines is 3. The first-order chi connectivity index (χ1) is 14.4. The van der Waals surface area contributed by atoms with Crippen LogP contribution in [0.5, 0.6) is 0 Å². The summed E-state index contributed by atoms with van der Waals surface area (Å²) < 4.78 is 1.90. The zero-order valence-corrected chi connectivity index (χ0v) is 17.2. The van der Waals surface area contributed by atoms with Crippen molar-refractivity contribution in [2.45, 2.75) is 19.9 Å². The number of nitrogens with zero attached hydrogens (tertiary/aromatic N) is 3. The Labute approximate surface area is 176 Å². The van der Waals surface area contributed by atoms with Crippen LogP contribution in [0.1, 0.15) is 35.8 Å². The molecule has 0 spiro atoms. The van der Waals surface area contributed by atoms with Crippen LogP contribution in [0.2, 0.25) is 0 Å². The van der Waals surface area contributed by atoms with Gasteiger partial charge in [-0.25, -0.2) is 14.8 Å². The lowest BCUT2D eigenvalue weighted by Gasteiger charge is -2.08. The van der Waals surface area contributed by atoms with E-state index in [4.69, 9.17) is 5.73 Å². The van der Waals surface area contributed by atoms with Gasteiger partial charge in [-0.2, -0.15) is 11.3 Å². The zero-order valence-electron chi connectivity index (χ0n) is 16.4. The van der Waals surface area contributed by atoms with Gasteiger partial charge in [-0.15, -0.1) is 0 Å². The molecule has 0 fully saturated rings. The summed E-state index contributed by atoms with van der Waals surface area (Å²) in [4.78, 5) is 33.8. The van der Waals surface area contributed by atoms with Crippen molar-refractivity contribution in [3.8, 4) is 0 Å². The number of nitrogens with two attached hydrogens (primary N) is 1. The summed E-state index contributed by atoms with van der Waals surface area (Å²) in [6.07, 6.45) is 3.15. The lowest BCUT2D eigenvalue weighted by molar-refractivity contribution is 0.104. The van der Waals surface area contributed by atoms with Crippen molar-refractivity contribution >= 4 is 51.4 Å². The fourth-order valence-electron chi connectivity index (χ4n) is 3.20. The highest BCUT2D eigenvalue weighted by molar-refractivity contribution is 7.08. The highest BCUT2D eigenvalue weighted by Crippen LogP contribution is 2.29. The molecule has 4 rings (SSSR count). The Kier molecular flexibility index (Phi) is 5.20. The molecule has 0 aliphatic rings. The standard InChI is InChI=1S/C21H20N6O2S/c1-12(2)27-9-16(17-19(22)23-11-24-20(17)27)18(28)13-4-3-5-14(8-13)25-21(29)26-15-6-7-30-10-15/h3-12H,1-2H3,(H2,22,23,24)(H2,25,26,29). The third-order valence-corrected chi connectivity index (χ3v) is 5.28. The number of urea groups is 1. The molecule has 0 aliphatic heterocycles. The van der Waals surface area contributed by atoms with Crippen LogP contribution < -0.4 is 16.4 Å². The second kappa shape index (κ2) is 7.96. The second-order valence-electron chi connectivity index (χ2n) is 7.00. The Morgan fingerprint density at radius 2 is 1.93 bits per heavy atom. The molecule has 4 N–H and O–H groups in total. The van der Waals surface area contributed by atoms with Gasteiger partial charge in [0.2, 0.25) is 0 Å². The Bertz CT molecular complexity index is 1230. The van der Waals surface area contributed by atoms with Gasteiger partial charge >= 0.3 is 6.03 Å². The number of hydrogen-bond donors (Lipinski definition) is 3. The van der Waals surface area contributed by atoms with E-state index in [1.54, 1.807) is 36.5 Å². The monoisotopic (exact) mass is 420 g/mol. The number of rotatable bonds is 5. The van der Waals surface area contributed by atoms with Crippen molar-refractivity contribution in [2.75, 3.05) is 16.4 Å². The predicted octanol–water partition coefficient (Wildman–Crippen LogP) is 4.53. The number of nitrogens with one attached hydrogen (secondary N) is 2. The molecule has 0 saturated heterocycles. The number of fused-ring (bicyclic) bond motifs is 1. The lowest BCUT2D eigenvalue weighted by atomic mass is 10.0. The maximum Gasteiger partial charge on any atom is 0.323 e. The number of hydrogen-bond acceptors (Lipinski definition) is 6. The van der Waals surface area contributed by atoms with Crippen LogP contribution >= 0.6 is 11.3 Å². The summed E-state index contributed by atoms with van der Waals surface area (Å²) in [5.74, 6) is 0.0370. The first-order valence-electron chi connectivity index (χ1n) is 9.30. The van der Waals surface area contributed by atoms with Gasteiger partial charge in [0.25, 0.3) is 0 Å². The SMILES string of the molecule is CC(C)n1cc(C(=O)c2cccc(NC(=O)Nc3ccsc3)c2)c2c(N)ncnc21. The van der Waals surface area contributed by atoms with Gasteiger partial charge in [0, 0.05) is 28.9 Å². The van der Waals surface area contributed by atoms with E-state index in [0.717, 1.165) is 0 Å². The van der Waals surface area contributed by atoms with Crippen LogP contribution in [0.3, 0.4) is 0 Å². The molecule has 1 aromatic carbocycles. The van der Waals surface area contributed by atoms with E-state index in [-0.39, 0.29) is 23.7 Å². The summed E-state index contributed by atoms with van der Waals surface area (Å²) in [7, 11) is 0. The average molecular weight is 420 g/mol. The Balaban J connectivity index is 1.64. The van der Waals surface area contributed by atoms with Crippen molar-refractivity contribution in [3.63, 3.8) is 0 Å². The van der Waals surface area contributed by atoms with Gasteiger partial charge < -0.3 is 20.9 Å². The zero-order chi connectivity index (χ0) is 21.3. The molecule has 0 aliphatic carbocycles. The van der Waals surface area contributed by atoms with Gasteiger partial charge in [-0.3, -0.25) is 4.79 Å². The Morgan fingerprint density at radius 1 is 1.13 bits per heavy atom. The van der Waals surface area contributed by atoms with Gasteiger partial charge in [0.15, 0.2) is 5.78 Å². The van der Waals surface area contributed by atoms with Gasteiger partial charge in [0.05, 0.1) is 16.6 Å². The number of carbonyl (C=O) groups excluding carboxylic acids is 2. The summed E-state index contributed by atoms with van der Waals surface area (Å²) in [6.45, 7) is 4.01. The number of ketones is 1. The highest BCUT2D eigenvalue weighted by atomic mass is 32.1. The topological polar surface area (TPSA) is 115 Å². The first kappa shape index (κ1) is 19.6. The second-order valence-corrected chi connectivity index (χ2v) is 7.78. The fraction of sp³-hybridized carbons (Fsp3) is 0.143. The number of benzene rings is 1. The molecule has 0 bridgehead atoms. The molecule has 152 valence electrons. The number of aromatic nitrogens is 3. The summed E-state index contributed by atoms with van der Waals surface area (Å²) in [6, 6.07) is 8.29. The van der Waals surface area contributed by atoms with Crippen LogP contribution in [-0.2, 0) is 0 Å². The maximum atomic E-state index is 13.3. The van der Waals surface area contributed by atoms with Crippen molar-refractivity contribution in [1.29, 1.82) is 0 Å². The maximum absolute atomic E-state index is 13.3. The summed E-state index contributed by atoms with van der Waals surface area (Å²) >= 11 is 1.49. The van der Waals surface area contributed by atoms with Crippen LogP contribution in [0.25, 0.3) is 11.0 Å². The minimum atomic E-state index is -0.382. The van der Waals surface area contributed by atoms with Crippen molar-refractivity contribution in [3.05, 3.63) is 64.7 Å². The van der Waals surface area contributed by atoms with Gasteiger partial charge in [0.1, 0.15) is 17.8 Å². The van der Waals surface area contributed by atoms with E-state index in [9.17, 15) is 9.59 Å². The molecule has 0 atom stereocenters. The predicted molar refractivity (Wildman–Crippen MR) is 119 cm³/mol.